The van der Waals surface area contributed by atoms with Crippen molar-refractivity contribution < 1.29 is 14.4 Å². The second-order valence-corrected chi connectivity index (χ2v) is 4.60. The van der Waals surface area contributed by atoms with Gasteiger partial charge in [0.2, 0.25) is 5.82 Å². The van der Waals surface area contributed by atoms with E-state index in [1.807, 2.05) is 13.8 Å². The molecular weight excluding hydrogens is 246 g/mol. The highest BCUT2D eigenvalue weighted by molar-refractivity contribution is 5.71. The molecule has 0 aliphatic carbocycles. The van der Waals surface area contributed by atoms with Gasteiger partial charge in [0.15, 0.2) is 5.75 Å². The van der Waals surface area contributed by atoms with Gasteiger partial charge in [0, 0.05) is 7.11 Å². The number of nitrogen functional groups attached to an aromatic ring is 1. The molecule has 0 fully saturated rings. The highest BCUT2D eigenvalue weighted by Gasteiger charge is 2.23. The number of para-hydroxylation sites is 1. The molecule has 19 heavy (non-hydrogen) atoms. The van der Waals surface area contributed by atoms with E-state index >= 15 is 0 Å². The Hall–Kier alpha value is -2.08. The van der Waals surface area contributed by atoms with E-state index in [0.29, 0.717) is 11.4 Å². The Kier molecular flexibility index (Phi) is 3.71. The van der Waals surface area contributed by atoms with E-state index in [1.54, 1.807) is 25.3 Å². The molecule has 1 atom stereocenters. The van der Waals surface area contributed by atoms with Crippen molar-refractivity contribution in [3.8, 4) is 17.2 Å². The number of ether oxygens (including phenoxy) is 1. The summed E-state index contributed by atoms with van der Waals surface area (Å²) in [6, 6.07) is 4.98. The number of benzene rings is 1. The smallest absolute Gasteiger partial charge is 0.261 e. The maximum absolute atomic E-state index is 9.88. The van der Waals surface area contributed by atoms with E-state index in [1.165, 1.54) is 0 Å². The summed E-state index contributed by atoms with van der Waals surface area (Å²) in [7, 11) is 1.60. The van der Waals surface area contributed by atoms with Gasteiger partial charge in [-0.25, -0.2) is 0 Å². The van der Waals surface area contributed by atoms with Crippen LogP contribution in [-0.4, -0.2) is 22.4 Å². The molecule has 0 aliphatic heterocycles. The van der Waals surface area contributed by atoms with Crippen LogP contribution in [0, 0.1) is 5.92 Å². The summed E-state index contributed by atoms with van der Waals surface area (Å²) < 4.78 is 10.5. The molecule has 0 saturated heterocycles. The molecule has 1 heterocycles. The molecule has 102 valence electrons. The first-order valence-electron chi connectivity index (χ1n) is 5.98. The van der Waals surface area contributed by atoms with E-state index in [4.69, 9.17) is 15.0 Å². The van der Waals surface area contributed by atoms with Gasteiger partial charge >= 0.3 is 0 Å². The minimum Gasteiger partial charge on any atom is -0.505 e. The zero-order valence-electron chi connectivity index (χ0n) is 11.1. The lowest BCUT2D eigenvalue weighted by atomic mass is 10.1. The third kappa shape index (κ3) is 2.53. The Labute approximate surface area is 111 Å². The second kappa shape index (κ2) is 5.27. The Bertz CT molecular complexity index is 566. The van der Waals surface area contributed by atoms with E-state index in [2.05, 4.69) is 10.1 Å². The van der Waals surface area contributed by atoms with Crippen molar-refractivity contribution in [1.29, 1.82) is 0 Å². The van der Waals surface area contributed by atoms with Crippen molar-refractivity contribution in [3.05, 3.63) is 24.0 Å². The molecule has 0 bridgehead atoms. The van der Waals surface area contributed by atoms with Crippen molar-refractivity contribution in [2.24, 2.45) is 5.92 Å². The molecule has 3 N–H and O–H groups in total. The van der Waals surface area contributed by atoms with Crippen LogP contribution in [0.15, 0.2) is 22.7 Å². The summed E-state index contributed by atoms with van der Waals surface area (Å²) >= 11 is 0. The number of anilines is 1. The summed E-state index contributed by atoms with van der Waals surface area (Å²) in [5.41, 5.74) is 6.32. The topological polar surface area (TPSA) is 94.4 Å². The highest BCUT2D eigenvalue weighted by atomic mass is 16.5. The molecule has 1 aromatic carbocycles. The molecule has 6 heteroatoms. The fourth-order valence-electron chi connectivity index (χ4n) is 1.87. The standard InChI is InChI=1S/C13H17N3O3/c1-7(2)11(18-3)12-15-13(19-16-12)8-5-4-6-9(14)10(8)17/h4-7,11,17H,14H2,1-3H3. The third-order valence-corrected chi connectivity index (χ3v) is 2.85. The summed E-state index contributed by atoms with van der Waals surface area (Å²) in [5.74, 6) is 0.831. The van der Waals surface area contributed by atoms with E-state index in [0.717, 1.165) is 0 Å². The minimum atomic E-state index is -0.249. The number of aromatic nitrogens is 2. The van der Waals surface area contributed by atoms with Crippen molar-refractivity contribution in [1.82, 2.24) is 10.1 Å². The van der Waals surface area contributed by atoms with Crippen LogP contribution in [0.3, 0.4) is 0 Å². The van der Waals surface area contributed by atoms with Crippen molar-refractivity contribution >= 4 is 5.69 Å². The fraction of sp³-hybridized carbons (Fsp3) is 0.385. The van der Waals surface area contributed by atoms with Crippen LogP contribution < -0.4 is 5.73 Å². The molecule has 1 unspecified atom stereocenters. The molecule has 0 radical (unpaired) electrons. The SMILES string of the molecule is COC(c1noc(-c2cccc(N)c2O)n1)C(C)C. The van der Waals surface area contributed by atoms with Gasteiger partial charge in [-0.3, -0.25) is 0 Å². The average molecular weight is 263 g/mol. The first-order valence-corrected chi connectivity index (χ1v) is 5.98. The Morgan fingerprint density at radius 1 is 1.37 bits per heavy atom. The lowest BCUT2D eigenvalue weighted by molar-refractivity contribution is 0.0556. The predicted molar refractivity (Wildman–Crippen MR) is 70.4 cm³/mol. The molecule has 6 nitrogen and oxygen atoms in total. The van der Waals surface area contributed by atoms with Gasteiger partial charge in [0.25, 0.3) is 5.89 Å². The molecule has 2 aromatic rings. The summed E-state index contributed by atoms with van der Waals surface area (Å²) in [4.78, 5) is 4.26. The normalized spacial score (nSPS) is 12.8. The van der Waals surface area contributed by atoms with Gasteiger partial charge in [-0.15, -0.1) is 0 Å². The van der Waals surface area contributed by atoms with Crippen molar-refractivity contribution in [2.75, 3.05) is 12.8 Å². The lowest BCUT2D eigenvalue weighted by Crippen LogP contribution is -2.10. The quantitative estimate of drug-likeness (QED) is 0.649. The van der Waals surface area contributed by atoms with Gasteiger partial charge in [-0.05, 0) is 18.1 Å². The molecule has 1 aromatic heterocycles. The number of rotatable bonds is 4. The lowest BCUT2D eigenvalue weighted by Gasteiger charge is -2.14. The summed E-state index contributed by atoms with van der Waals surface area (Å²) in [6.07, 6.45) is -0.249. The molecule has 0 aliphatic rings. The Morgan fingerprint density at radius 2 is 2.11 bits per heavy atom. The highest BCUT2D eigenvalue weighted by Crippen LogP contribution is 2.33. The fourth-order valence-corrected chi connectivity index (χ4v) is 1.87. The van der Waals surface area contributed by atoms with Crippen molar-refractivity contribution in [2.45, 2.75) is 20.0 Å². The summed E-state index contributed by atoms with van der Waals surface area (Å²) in [5, 5.41) is 13.8. The number of methoxy groups -OCH3 is 1. The zero-order valence-corrected chi connectivity index (χ0v) is 11.1. The van der Waals surface area contributed by atoms with Gasteiger partial charge < -0.3 is 20.1 Å². The van der Waals surface area contributed by atoms with Crippen LogP contribution in [0.25, 0.3) is 11.5 Å². The maximum atomic E-state index is 9.88. The Balaban J connectivity index is 2.38. The number of aromatic hydroxyl groups is 1. The molecule has 0 spiro atoms. The maximum Gasteiger partial charge on any atom is 0.261 e. The van der Waals surface area contributed by atoms with E-state index < -0.39 is 0 Å². The number of nitrogens with two attached hydrogens (primary N) is 1. The first kappa shape index (κ1) is 13.4. The number of nitrogens with zero attached hydrogens (tertiary/aromatic N) is 2. The Morgan fingerprint density at radius 3 is 2.74 bits per heavy atom. The van der Waals surface area contributed by atoms with Crippen molar-refractivity contribution in [3.63, 3.8) is 0 Å². The molecule has 2 rings (SSSR count). The summed E-state index contributed by atoms with van der Waals surface area (Å²) in [6.45, 7) is 4.00. The molecule has 0 saturated carbocycles. The number of phenolic OH excluding ortho intramolecular Hbond substituents is 1. The van der Waals surface area contributed by atoms with Crippen LogP contribution in [0.2, 0.25) is 0 Å². The second-order valence-electron chi connectivity index (χ2n) is 4.60. The number of hydrogen-bond acceptors (Lipinski definition) is 6. The van der Waals surface area contributed by atoms with Crippen LogP contribution in [0.4, 0.5) is 5.69 Å². The first-order chi connectivity index (χ1) is 9.04. The van der Waals surface area contributed by atoms with E-state index in [9.17, 15) is 5.11 Å². The average Bonchev–Trinajstić information content (AvgIpc) is 2.82. The van der Waals surface area contributed by atoms with Gasteiger partial charge in [-0.2, -0.15) is 4.98 Å². The molecular formula is C13H17N3O3. The monoisotopic (exact) mass is 263 g/mol. The van der Waals surface area contributed by atoms with Gasteiger partial charge in [-0.1, -0.05) is 25.1 Å². The largest absolute Gasteiger partial charge is 0.505 e. The zero-order chi connectivity index (χ0) is 14.0. The molecule has 0 amide bonds. The predicted octanol–water partition coefficient (Wildman–Crippen LogP) is 2.37. The van der Waals surface area contributed by atoms with Crippen LogP contribution >= 0.6 is 0 Å². The van der Waals surface area contributed by atoms with Gasteiger partial charge in [0.05, 0.1) is 11.3 Å². The minimum absolute atomic E-state index is 0.0591. The van der Waals surface area contributed by atoms with Gasteiger partial charge in [0.1, 0.15) is 6.10 Å². The number of hydrogen-bond donors (Lipinski definition) is 2. The van der Waals surface area contributed by atoms with E-state index in [-0.39, 0.29) is 29.3 Å². The van der Waals surface area contributed by atoms with Crippen LogP contribution in [0.5, 0.6) is 5.75 Å². The third-order valence-electron chi connectivity index (χ3n) is 2.85. The van der Waals surface area contributed by atoms with Crippen LogP contribution in [-0.2, 0) is 4.74 Å². The number of phenols is 1. The van der Waals surface area contributed by atoms with Crippen LogP contribution in [0.1, 0.15) is 25.8 Å².